The number of hydrogen-bond acceptors (Lipinski definition) is 2. The van der Waals surface area contributed by atoms with Crippen molar-refractivity contribution in [2.45, 2.75) is 19.0 Å². The molecule has 1 saturated heterocycles. The maximum atomic E-state index is 13.0. The second-order valence-corrected chi connectivity index (χ2v) is 4.68. The molecule has 1 fully saturated rings. The molecule has 7 heteroatoms. The van der Waals surface area contributed by atoms with E-state index in [1.807, 2.05) is 0 Å². The standard InChI is InChI=1S/C12H11F3N2OS/c13-12(14,15)9-6-7(3-4-8(9)11(16)19)17-5-1-2-10(17)18/h3-4,6H,1-2,5H2,(H2,16,19). The van der Waals surface area contributed by atoms with Crippen LogP contribution in [0.3, 0.4) is 0 Å². The van der Waals surface area contributed by atoms with Gasteiger partial charge in [-0.15, -0.1) is 0 Å². The Labute approximate surface area is 113 Å². The van der Waals surface area contributed by atoms with Crippen LogP contribution in [0.2, 0.25) is 0 Å². The summed E-state index contributed by atoms with van der Waals surface area (Å²) in [7, 11) is 0. The number of nitrogens with two attached hydrogens (primary N) is 1. The molecule has 1 amide bonds. The third-order valence-corrected chi connectivity index (χ3v) is 3.18. The van der Waals surface area contributed by atoms with Gasteiger partial charge in [-0.2, -0.15) is 13.2 Å². The Morgan fingerprint density at radius 1 is 1.37 bits per heavy atom. The first-order chi connectivity index (χ1) is 8.80. The summed E-state index contributed by atoms with van der Waals surface area (Å²) in [6.45, 7) is 0.433. The zero-order chi connectivity index (χ0) is 14.2. The van der Waals surface area contributed by atoms with Crippen LogP contribution in [0.4, 0.5) is 18.9 Å². The molecule has 1 aromatic rings. The first kappa shape index (κ1) is 13.8. The molecule has 0 unspecified atom stereocenters. The number of carbonyl (C=O) groups excluding carboxylic acids is 1. The van der Waals surface area contributed by atoms with E-state index < -0.39 is 11.7 Å². The largest absolute Gasteiger partial charge is 0.417 e. The third-order valence-electron chi connectivity index (χ3n) is 2.96. The summed E-state index contributed by atoms with van der Waals surface area (Å²) in [6, 6.07) is 3.58. The van der Waals surface area contributed by atoms with Crippen LogP contribution >= 0.6 is 12.2 Å². The monoisotopic (exact) mass is 288 g/mol. The highest BCUT2D eigenvalue weighted by molar-refractivity contribution is 7.80. The summed E-state index contributed by atoms with van der Waals surface area (Å²) in [4.78, 5) is 12.6. The topological polar surface area (TPSA) is 46.3 Å². The number of nitrogens with zero attached hydrogens (tertiary/aromatic N) is 1. The van der Waals surface area contributed by atoms with E-state index >= 15 is 0 Å². The van der Waals surface area contributed by atoms with Crippen LogP contribution in [-0.2, 0) is 11.0 Å². The van der Waals surface area contributed by atoms with Gasteiger partial charge in [0.15, 0.2) is 0 Å². The molecular weight excluding hydrogens is 277 g/mol. The molecule has 1 aliphatic rings. The molecule has 3 nitrogen and oxygen atoms in total. The number of halogens is 3. The van der Waals surface area contributed by atoms with E-state index in [9.17, 15) is 18.0 Å². The number of rotatable bonds is 2. The van der Waals surface area contributed by atoms with Crippen molar-refractivity contribution in [1.29, 1.82) is 0 Å². The van der Waals surface area contributed by atoms with Gasteiger partial charge < -0.3 is 10.6 Å². The molecular formula is C12H11F3N2OS. The average Bonchev–Trinajstić information content (AvgIpc) is 2.73. The Kier molecular flexibility index (Phi) is 3.49. The lowest BCUT2D eigenvalue weighted by Gasteiger charge is -2.19. The number of alkyl halides is 3. The van der Waals surface area contributed by atoms with Gasteiger partial charge in [-0.1, -0.05) is 12.2 Å². The second-order valence-electron chi connectivity index (χ2n) is 4.24. The van der Waals surface area contributed by atoms with Crippen molar-refractivity contribution in [3.63, 3.8) is 0 Å². The Morgan fingerprint density at radius 2 is 2.05 bits per heavy atom. The molecule has 0 radical (unpaired) electrons. The number of thiocarbonyl (C=S) groups is 1. The molecule has 2 rings (SSSR count). The van der Waals surface area contributed by atoms with Gasteiger partial charge in [-0.25, -0.2) is 0 Å². The third kappa shape index (κ3) is 2.70. The smallest absolute Gasteiger partial charge is 0.389 e. The first-order valence-electron chi connectivity index (χ1n) is 5.62. The van der Waals surface area contributed by atoms with Crippen LogP contribution < -0.4 is 10.6 Å². The lowest BCUT2D eigenvalue weighted by molar-refractivity contribution is -0.137. The number of carbonyl (C=O) groups is 1. The average molecular weight is 288 g/mol. The molecule has 0 bridgehead atoms. The number of hydrogen-bond donors (Lipinski definition) is 1. The zero-order valence-corrected chi connectivity index (χ0v) is 10.6. The van der Waals surface area contributed by atoms with E-state index in [1.165, 1.54) is 17.0 Å². The quantitative estimate of drug-likeness (QED) is 0.850. The summed E-state index contributed by atoms with van der Waals surface area (Å²) >= 11 is 4.62. The van der Waals surface area contributed by atoms with Crippen molar-refractivity contribution < 1.29 is 18.0 Å². The van der Waals surface area contributed by atoms with Crippen molar-refractivity contribution >= 4 is 28.8 Å². The van der Waals surface area contributed by atoms with E-state index in [2.05, 4.69) is 12.2 Å². The van der Waals surface area contributed by atoms with Crippen LogP contribution in [0.25, 0.3) is 0 Å². The predicted octanol–water partition coefficient (Wildman–Crippen LogP) is 2.47. The maximum Gasteiger partial charge on any atom is 0.417 e. The van der Waals surface area contributed by atoms with E-state index in [0.29, 0.717) is 19.4 Å². The summed E-state index contributed by atoms with van der Waals surface area (Å²) < 4.78 is 38.9. The minimum absolute atomic E-state index is 0.170. The molecule has 0 aromatic heterocycles. The van der Waals surface area contributed by atoms with E-state index in [4.69, 9.17) is 5.73 Å². The van der Waals surface area contributed by atoms with Crippen molar-refractivity contribution in [3.05, 3.63) is 29.3 Å². The Hall–Kier alpha value is -1.63. The Balaban J connectivity index is 2.49. The molecule has 0 atom stereocenters. The van der Waals surface area contributed by atoms with Crippen molar-refractivity contribution in [2.75, 3.05) is 11.4 Å². The van der Waals surface area contributed by atoms with Crippen LogP contribution in [-0.4, -0.2) is 17.4 Å². The molecule has 0 spiro atoms. The molecule has 1 heterocycles. The maximum absolute atomic E-state index is 13.0. The van der Waals surface area contributed by atoms with E-state index in [-0.39, 0.29) is 22.1 Å². The minimum Gasteiger partial charge on any atom is -0.389 e. The van der Waals surface area contributed by atoms with Gasteiger partial charge in [0.1, 0.15) is 4.99 Å². The number of anilines is 1. The molecule has 19 heavy (non-hydrogen) atoms. The van der Waals surface area contributed by atoms with Crippen LogP contribution in [0.15, 0.2) is 18.2 Å². The lowest BCUT2D eigenvalue weighted by Crippen LogP contribution is -2.25. The van der Waals surface area contributed by atoms with Crippen LogP contribution in [0, 0.1) is 0 Å². The van der Waals surface area contributed by atoms with Gasteiger partial charge in [-0.3, -0.25) is 4.79 Å². The van der Waals surface area contributed by atoms with Crippen LogP contribution in [0.1, 0.15) is 24.0 Å². The number of amides is 1. The molecule has 2 N–H and O–H groups in total. The van der Waals surface area contributed by atoms with Gasteiger partial charge in [-0.05, 0) is 24.6 Å². The lowest BCUT2D eigenvalue weighted by atomic mass is 10.1. The Morgan fingerprint density at radius 3 is 2.53 bits per heavy atom. The van der Waals surface area contributed by atoms with E-state index in [0.717, 1.165) is 6.07 Å². The molecule has 102 valence electrons. The zero-order valence-electron chi connectivity index (χ0n) is 9.83. The highest BCUT2D eigenvalue weighted by Gasteiger charge is 2.35. The second kappa shape index (κ2) is 4.80. The van der Waals surface area contributed by atoms with Crippen molar-refractivity contribution in [3.8, 4) is 0 Å². The van der Waals surface area contributed by atoms with Crippen molar-refractivity contribution in [2.24, 2.45) is 5.73 Å². The molecule has 0 aliphatic carbocycles. The Bertz CT molecular complexity index is 542. The fourth-order valence-electron chi connectivity index (χ4n) is 2.07. The van der Waals surface area contributed by atoms with Crippen molar-refractivity contribution in [1.82, 2.24) is 0 Å². The molecule has 1 aromatic carbocycles. The fraction of sp³-hybridized carbons (Fsp3) is 0.333. The van der Waals surface area contributed by atoms with Gasteiger partial charge >= 0.3 is 6.18 Å². The highest BCUT2D eigenvalue weighted by atomic mass is 32.1. The summed E-state index contributed by atoms with van der Waals surface area (Å²) in [6.07, 6.45) is -3.55. The van der Waals surface area contributed by atoms with Gasteiger partial charge in [0.2, 0.25) is 5.91 Å². The van der Waals surface area contributed by atoms with E-state index in [1.54, 1.807) is 0 Å². The fourth-order valence-corrected chi connectivity index (χ4v) is 2.25. The predicted molar refractivity (Wildman–Crippen MR) is 68.9 cm³/mol. The summed E-state index contributed by atoms with van der Waals surface area (Å²) in [5, 5.41) is 0. The minimum atomic E-state index is -4.56. The highest BCUT2D eigenvalue weighted by Crippen LogP contribution is 2.35. The SMILES string of the molecule is NC(=S)c1ccc(N2CCCC2=O)cc1C(F)(F)F. The van der Waals surface area contributed by atoms with Gasteiger partial charge in [0.05, 0.1) is 5.56 Å². The summed E-state index contributed by atoms with van der Waals surface area (Å²) in [5.41, 5.74) is 4.39. The summed E-state index contributed by atoms with van der Waals surface area (Å²) in [5.74, 6) is -0.170. The normalized spacial score (nSPS) is 15.9. The number of benzene rings is 1. The van der Waals surface area contributed by atoms with Crippen LogP contribution in [0.5, 0.6) is 0 Å². The first-order valence-corrected chi connectivity index (χ1v) is 6.03. The molecule has 0 saturated carbocycles. The van der Waals surface area contributed by atoms with Gasteiger partial charge in [0, 0.05) is 24.2 Å². The van der Waals surface area contributed by atoms with Gasteiger partial charge in [0.25, 0.3) is 0 Å². The molecule has 1 aliphatic heterocycles.